The molecule has 0 radical (unpaired) electrons. The second-order valence-corrected chi connectivity index (χ2v) is 6.75. The van der Waals surface area contributed by atoms with E-state index in [0.29, 0.717) is 17.5 Å². The van der Waals surface area contributed by atoms with Gasteiger partial charge in [-0.05, 0) is 56.4 Å². The third-order valence-electron chi connectivity index (χ3n) is 5.99. The molecule has 2 rings (SSSR count). The molecule has 0 amide bonds. The van der Waals surface area contributed by atoms with Crippen molar-refractivity contribution in [1.82, 2.24) is 4.90 Å². The van der Waals surface area contributed by atoms with Crippen molar-refractivity contribution in [3.63, 3.8) is 0 Å². The van der Waals surface area contributed by atoms with Crippen LogP contribution in [0.4, 0.5) is 0 Å². The molecule has 0 aromatic rings. The van der Waals surface area contributed by atoms with E-state index in [2.05, 4.69) is 25.7 Å². The SMILES string of the molecule is CCC1CCC(N)C(N2CCC(CC)(CC)C2)C1. The van der Waals surface area contributed by atoms with Gasteiger partial charge in [0.15, 0.2) is 0 Å². The van der Waals surface area contributed by atoms with Crippen LogP contribution in [0.25, 0.3) is 0 Å². The lowest BCUT2D eigenvalue weighted by atomic mass is 9.80. The van der Waals surface area contributed by atoms with Gasteiger partial charge in [0.2, 0.25) is 0 Å². The molecule has 2 nitrogen and oxygen atoms in total. The zero-order valence-electron chi connectivity index (χ0n) is 12.6. The summed E-state index contributed by atoms with van der Waals surface area (Å²) in [5, 5.41) is 0. The minimum absolute atomic E-state index is 0.428. The third kappa shape index (κ3) is 2.75. The minimum atomic E-state index is 0.428. The lowest BCUT2D eigenvalue weighted by molar-refractivity contribution is 0.117. The Morgan fingerprint density at radius 3 is 2.44 bits per heavy atom. The summed E-state index contributed by atoms with van der Waals surface area (Å²) >= 11 is 0. The van der Waals surface area contributed by atoms with Gasteiger partial charge in [-0.15, -0.1) is 0 Å². The molecule has 106 valence electrons. The largest absolute Gasteiger partial charge is 0.326 e. The second-order valence-electron chi connectivity index (χ2n) is 6.75. The van der Waals surface area contributed by atoms with E-state index in [4.69, 9.17) is 5.73 Å². The van der Waals surface area contributed by atoms with Crippen LogP contribution >= 0.6 is 0 Å². The first-order chi connectivity index (χ1) is 8.64. The highest BCUT2D eigenvalue weighted by Crippen LogP contribution is 2.40. The Kier molecular flexibility index (Phi) is 4.71. The topological polar surface area (TPSA) is 29.3 Å². The van der Waals surface area contributed by atoms with Crippen LogP contribution in [-0.4, -0.2) is 30.1 Å². The smallest absolute Gasteiger partial charge is 0.0250 e. The molecule has 1 aliphatic carbocycles. The highest BCUT2D eigenvalue weighted by atomic mass is 15.2. The first kappa shape index (κ1) is 14.3. The van der Waals surface area contributed by atoms with E-state index in [1.807, 2.05) is 0 Å². The molecule has 2 heteroatoms. The molecule has 1 aliphatic heterocycles. The number of nitrogens with zero attached hydrogens (tertiary/aromatic N) is 1. The van der Waals surface area contributed by atoms with E-state index >= 15 is 0 Å². The van der Waals surface area contributed by atoms with E-state index in [0.717, 1.165) is 5.92 Å². The fourth-order valence-electron chi connectivity index (χ4n) is 4.13. The van der Waals surface area contributed by atoms with Crippen LogP contribution in [0.5, 0.6) is 0 Å². The van der Waals surface area contributed by atoms with E-state index in [9.17, 15) is 0 Å². The van der Waals surface area contributed by atoms with Crippen molar-refractivity contribution in [2.24, 2.45) is 17.1 Å². The van der Waals surface area contributed by atoms with Crippen LogP contribution in [0.1, 0.15) is 65.7 Å². The molecule has 18 heavy (non-hydrogen) atoms. The molecular weight excluding hydrogens is 220 g/mol. The monoisotopic (exact) mass is 252 g/mol. The summed E-state index contributed by atoms with van der Waals surface area (Å²) in [6, 6.07) is 1.10. The van der Waals surface area contributed by atoms with Gasteiger partial charge in [0.05, 0.1) is 0 Å². The Labute approximate surface area is 113 Å². The van der Waals surface area contributed by atoms with Crippen LogP contribution in [0.3, 0.4) is 0 Å². The fourth-order valence-corrected chi connectivity index (χ4v) is 4.13. The molecule has 3 unspecified atom stereocenters. The summed E-state index contributed by atoms with van der Waals surface area (Å²) in [6.07, 6.45) is 9.34. The van der Waals surface area contributed by atoms with Gasteiger partial charge in [0.1, 0.15) is 0 Å². The molecular formula is C16H32N2. The fraction of sp³-hybridized carbons (Fsp3) is 1.00. The minimum Gasteiger partial charge on any atom is -0.326 e. The van der Waals surface area contributed by atoms with Crippen molar-refractivity contribution >= 4 is 0 Å². The average Bonchev–Trinajstić information content (AvgIpc) is 2.84. The summed E-state index contributed by atoms with van der Waals surface area (Å²) in [7, 11) is 0. The van der Waals surface area contributed by atoms with Crippen LogP contribution < -0.4 is 5.73 Å². The molecule has 1 saturated heterocycles. The van der Waals surface area contributed by atoms with Crippen molar-refractivity contribution in [2.45, 2.75) is 77.8 Å². The maximum Gasteiger partial charge on any atom is 0.0250 e. The normalized spacial score (nSPS) is 37.0. The highest BCUT2D eigenvalue weighted by molar-refractivity contribution is 4.96. The number of hydrogen-bond acceptors (Lipinski definition) is 2. The Balaban J connectivity index is 1.99. The zero-order chi connectivity index (χ0) is 13.2. The molecule has 2 N–H and O–H groups in total. The van der Waals surface area contributed by atoms with E-state index in [1.54, 1.807) is 0 Å². The number of rotatable bonds is 4. The number of nitrogens with two attached hydrogens (primary N) is 1. The second kappa shape index (κ2) is 5.92. The van der Waals surface area contributed by atoms with Gasteiger partial charge in [-0.2, -0.15) is 0 Å². The molecule has 1 heterocycles. The van der Waals surface area contributed by atoms with E-state index in [1.165, 1.54) is 58.0 Å². The Morgan fingerprint density at radius 2 is 1.89 bits per heavy atom. The maximum atomic E-state index is 6.41. The number of likely N-dealkylation sites (tertiary alicyclic amines) is 1. The van der Waals surface area contributed by atoms with Crippen molar-refractivity contribution in [2.75, 3.05) is 13.1 Å². The molecule has 2 aliphatic rings. The Morgan fingerprint density at radius 1 is 1.17 bits per heavy atom. The number of hydrogen-bond donors (Lipinski definition) is 1. The van der Waals surface area contributed by atoms with Crippen LogP contribution in [-0.2, 0) is 0 Å². The van der Waals surface area contributed by atoms with Crippen molar-refractivity contribution in [3.8, 4) is 0 Å². The van der Waals surface area contributed by atoms with Crippen LogP contribution in [0, 0.1) is 11.3 Å². The summed E-state index contributed by atoms with van der Waals surface area (Å²) in [6.45, 7) is 9.65. The quantitative estimate of drug-likeness (QED) is 0.831. The van der Waals surface area contributed by atoms with Crippen LogP contribution in [0.2, 0.25) is 0 Å². The summed E-state index contributed by atoms with van der Waals surface area (Å²) < 4.78 is 0. The van der Waals surface area contributed by atoms with Crippen molar-refractivity contribution in [1.29, 1.82) is 0 Å². The van der Waals surface area contributed by atoms with Gasteiger partial charge in [-0.3, -0.25) is 4.90 Å². The summed E-state index contributed by atoms with van der Waals surface area (Å²) in [4.78, 5) is 2.74. The molecule has 1 saturated carbocycles. The van der Waals surface area contributed by atoms with Gasteiger partial charge in [0, 0.05) is 18.6 Å². The van der Waals surface area contributed by atoms with Gasteiger partial charge in [0.25, 0.3) is 0 Å². The van der Waals surface area contributed by atoms with E-state index < -0.39 is 0 Å². The highest BCUT2D eigenvalue weighted by Gasteiger charge is 2.40. The van der Waals surface area contributed by atoms with Crippen molar-refractivity contribution < 1.29 is 0 Å². The van der Waals surface area contributed by atoms with Gasteiger partial charge < -0.3 is 5.73 Å². The zero-order valence-corrected chi connectivity index (χ0v) is 12.6. The molecule has 2 fully saturated rings. The predicted octanol–water partition coefficient (Wildman–Crippen LogP) is 3.40. The van der Waals surface area contributed by atoms with Crippen molar-refractivity contribution in [3.05, 3.63) is 0 Å². The predicted molar refractivity (Wildman–Crippen MR) is 78.6 cm³/mol. The lowest BCUT2D eigenvalue weighted by Gasteiger charge is -2.40. The summed E-state index contributed by atoms with van der Waals surface area (Å²) in [5.74, 6) is 0.924. The lowest BCUT2D eigenvalue weighted by Crippen LogP contribution is -2.50. The molecule has 3 atom stereocenters. The Bertz CT molecular complexity index is 260. The molecule has 0 bridgehead atoms. The standard InChI is InChI=1S/C16H32N2/c1-4-13-7-8-14(17)15(11-13)18-10-9-16(5-2,6-3)12-18/h13-15H,4-12,17H2,1-3H3. The first-order valence-electron chi connectivity index (χ1n) is 8.13. The van der Waals surface area contributed by atoms with E-state index in [-0.39, 0.29) is 0 Å². The Hall–Kier alpha value is -0.0800. The molecule has 0 aromatic carbocycles. The third-order valence-corrected chi connectivity index (χ3v) is 5.99. The van der Waals surface area contributed by atoms with Gasteiger partial charge in [-0.25, -0.2) is 0 Å². The molecule has 0 aromatic heterocycles. The summed E-state index contributed by atoms with van der Waals surface area (Å²) in [5.41, 5.74) is 7.00. The molecule has 0 spiro atoms. The van der Waals surface area contributed by atoms with Gasteiger partial charge in [-0.1, -0.05) is 27.2 Å². The van der Waals surface area contributed by atoms with Crippen LogP contribution in [0.15, 0.2) is 0 Å². The maximum absolute atomic E-state index is 6.41. The first-order valence-corrected chi connectivity index (χ1v) is 8.13. The average molecular weight is 252 g/mol. The van der Waals surface area contributed by atoms with Gasteiger partial charge >= 0.3 is 0 Å².